The Hall–Kier alpha value is 0.920. The van der Waals surface area contributed by atoms with Crippen molar-refractivity contribution in [2.75, 3.05) is 6.54 Å². The molecule has 0 spiro atoms. The van der Waals surface area contributed by atoms with Gasteiger partial charge in [-0.1, -0.05) is 0 Å². The number of hydrogen-bond acceptors (Lipinski definition) is 2. The second-order valence-corrected chi connectivity index (χ2v) is 1.39. The summed E-state index contributed by atoms with van der Waals surface area (Å²) in [6.45, 7) is 2.54. The Labute approximate surface area is 66.9 Å². The maximum Gasteiger partial charge on any atom is 1.00 e. The van der Waals surface area contributed by atoms with Gasteiger partial charge in [0.2, 0.25) is 0 Å². The molecule has 2 nitrogen and oxygen atoms in total. The van der Waals surface area contributed by atoms with Crippen LogP contribution < -0.4 is 41.0 Å². The fourth-order valence-electron chi connectivity index (χ4n) is 0.228. The summed E-state index contributed by atoms with van der Waals surface area (Å²) in [6, 6.07) is 0.914. The van der Waals surface area contributed by atoms with Gasteiger partial charge in [-0.05, 0) is 6.54 Å². The standard InChI is InChI=1S/C4H11N2.Na/c1-4(6)2-3-5;/h2-3,5-6H2,1H3;/q-1;+1. The molecule has 0 rings (SSSR count). The van der Waals surface area contributed by atoms with E-state index in [1.807, 2.05) is 6.92 Å². The van der Waals surface area contributed by atoms with Crippen LogP contribution in [0.3, 0.4) is 0 Å². The molecule has 0 aromatic rings. The van der Waals surface area contributed by atoms with Crippen molar-refractivity contribution in [3.8, 4) is 0 Å². The van der Waals surface area contributed by atoms with Crippen molar-refractivity contribution in [2.24, 2.45) is 11.5 Å². The molecule has 0 aromatic heterocycles. The van der Waals surface area contributed by atoms with E-state index in [0.717, 1.165) is 12.5 Å². The number of nitrogens with two attached hydrogens (primary N) is 2. The predicted molar refractivity (Wildman–Crippen MR) is 26.8 cm³/mol. The van der Waals surface area contributed by atoms with E-state index in [1.165, 1.54) is 0 Å². The van der Waals surface area contributed by atoms with Crippen molar-refractivity contribution < 1.29 is 29.6 Å². The van der Waals surface area contributed by atoms with Crippen LogP contribution in [-0.2, 0) is 0 Å². The van der Waals surface area contributed by atoms with Crippen LogP contribution in [0.25, 0.3) is 0 Å². The Morgan fingerprint density at radius 2 is 2.00 bits per heavy atom. The average molecular weight is 110 g/mol. The van der Waals surface area contributed by atoms with Gasteiger partial charge >= 0.3 is 29.6 Å². The molecule has 0 heterocycles. The van der Waals surface area contributed by atoms with Gasteiger partial charge < -0.3 is 11.5 Å². The third kappa shape index (κ3) is 10.9. The quantitative estimate of drug-likeness (QED) is 0.291. The van der Waals surface area contributed by atoms with Crippen LogP contribution in [-0.4, -0.2) is 6.54 Å². The van der Waals surface area contributed by atoms with E-state index in [1.54, 1.807) is 0 Å². The Balaban J connectivity index is 0. The molecule has 0 radical (unpaired) electrons. The first kappa shape index (κ1) is 10.8. The molecule has 3 heteroatoms. The van der Waals surface area contributed by atoms with Crippen molar-refractivity contribution in [1.82, 2.24) is 0 Å². The topological polar surface area (TPSA) is 52.0 Å². The molecular weight excluding hydrogens is 99.0 g/mol. The molecule has 0 fully saturated rings. The number of hydrogen-bond donors (Lipinski definition) is 2. The summed E-state index contributed by atoms with van der Waals surface area (Å²) >= 11 is 0. The fourth-order valence-corrected chi connectivity index (χ4v) is 0.228. The minimum Gasteiger partial charge on any atom is -0.481 e. The van der Waals surface area contributed by atoms with Gasteiger partial charge in [-0.15, -0.1) is 0 Å². The second kappa shape index (κ2) is 6.92. The largest absolute Gasteiger partial charge is 1.00 e. The van der Waals surface area contributed by atoms with Gasteiger partial charge in [0.15, 0.2) is 0 Å². The maximum absolute atomic E-state index is 5.24. The molecule has 4 N–H and O–H groups in total. The minimum absolute atomic E-state index is 0. The van der Waals surface area contributed by atoms with E-state index in [-0.39, 0.29) is 29.6 Å². The molecular formula is C4H11N2Na. The molecule has 7 heavy (non-hydrogen) atoms. The first-order valence-corrected chi connectivity index (χ1v) is 2.05. The van der Waals surface area contributed by atoms with Crippen LogP contribution in [0.15, 0.2) is 0 Å². The average Bonchev–Trinajstić information content (AvgIpc) is 1.35. The molecule has 38 valence electrons. The molecule has 0 atom stereocenters. The van der Waals surface area contributed by atoms with E-state index in [2.05, 4.69) is 0 Å². The molecule has 0 amide bonds. The van der Waals surface area contributed by atoms with Gasteiger partial charge in [0, 0.05) is 0 Å². The van der Waals surface area contributed by atoms with Crippen LogP contribution in [0.4, 0.5) is 0 Å². The molecule has 0 saturated heterocycles. The molecule has 0 bridgehead atoms. The first-order chi connectivity index (χ1) is 2.77. The minimum atomic E-state index is 0. The van der Waals surface area contributed by atoms with Gasteiger partial charge in [-0.3, -0.25) is 6.04 Å². The summed E-state index contributed by atoms with van der Waals surface area (Å²) in [6.07, 6.45) is 0.847. The molecule has 0 aromatic carbocycles. The normalized spacial score (nSPS) is 8.57. The van der Waals surface area contributed by atoms with Crippen LogP contribution >= 0.6 is 0 Å². The summed E-state index contributed by atoms with van der Waals surface area (Å²) in [5, 5.41) is 0. The molecule has 0 unspecified atom stereocenters. The first-order valence-electron chi connectivity index (χ1n) is 2.05. The third-order valence-corrected chi connectivity index (χ3v) is 0.539. The Morgan fingerprint density at radius 1 is 1.57 bits per heavy atom. The monoisotopic (exact) mass is 110 g/mol. The van der Waals surface area contributed by atoms with E-state index < -0.39 is 0 Å². The summed E-state index contributed by atoms with van der Waals surface area (Å²) in [5.41, 5.74) is 10.4. The zero-order valence-corrected chi connectivity index (χ0v) is 7.07. The molecule has 0 aliphatic rings. The Bertz CT molecular complexity index is 30.9. The molecule has 0 aliphatic heterocycles. The summed E-state index contributed by atoms with van der Waals surface area (Å²) in [7, 11) is 0. The van der Waals surface area contributed by atoms with Gasteiger partial charge in [-0.2, -0.15) is 13.3 Å². The predicted octanol–water partition coefficient (Wildman–Crippen LogP) is -3.15. The van der Waals surface area contributed by atoms with Crippen LogP contribution in [0.2, 0.25) is 0 Å². The SMILES string of the molecule is C[C-](N)CCN.[Na+]. The summed E-state index contributed by atoms with van der Waals surface area (Å²) in [4.78, 5) is 0. The Morgan fingerprint density at radius 3 is 2.00 bits per heavy atom. The molecule has 0 saturated carbocycles. The van der Waals surface area contributed by atoms with Crippen molar-refractivity contribution in [3.63, 3.8) is 0 Å². The van der Waals surface area contributed by atoms with Crippen molar-refractivity contribution in [3.05, 3.63) is 6.04 Å². The molecule has 0 aliphatic carbocycles. The summed E-state index contributed by atoms with van der Waals surface area (Å²) in [5.74, 6) is 0. The van der Waals surface area contributed by atoms with Gasteiger partial charge in [0.25, 0.3) is 0 Å². The van der Waals surface area contributed by atoms with E-state index >= 15 is 0 Å². The van der Waals surface area contributed by atoms with Crippen LogP contribution in [0.1, 0.15) is 13.3 Å². The van der Waals surface area contributed by atoms with E-state index in [0.29, 0.717) is 6.54 Å². The van der Waals surface area contributed by atoms with E-state index in [9.17, 15) is 0 Å². The van der Waals surface area contributed by atoms with Crippen molar-refractivity contribution >= 4 is 0 Å². The van der Waals surface area contributed by atoms with Crippen LogP contribution in [0.5, 0.6) is 0 Å². The smallest absolute Gasteiger partial charge is 0.481 e. The van der Waals surface area contributed by atoms with Gasteiger partial charge in [0.05, 0.1) is 0 Å². The number of rotatable bonds is 2. The zero-order valence-electron chi connectivity index (χ0n) is 5.07. The fraction of sp³-hybridized carbons (Fsp3) is 0.750. The van der Waals surface area contributed by atoms with Gasteiger partial charge in [0.1, 0.15) is 0 Å². The van der Waals surface area contributed by atoms with E-state index in [4.69, 9.17) is 11.5 Å². The maximum atomic E-state index is 5.24. The second-order valence-electron chi connectivity index (χ2n) is 1.39. The van der Waals surface area contributed by atoms with Crippen LogP contribution in [0, 0.1) is 6.04 Å². The van der Waals surface area contributed by atoms with Crippen molar-refractivity contribution in [2.45, 2.75) is 13.3 Å². The third-order valence-electron chi connectivity index (χ3n) is 0.539. The summed E-state index contributed by atoms with van der Waals surface area (Å²) < 4.78 is 0. The Kier molecular flexibility index (Phi) is 10.7. The van der Waals surface area contributed by atoms with Crippen molar-refractivity contribution in [1.29, 1.82) is 0 Å². The van der Waals surface area contributed by atoms with Gasteiger partial charge in [-0.25, -0.2) is 0 Å². The zero-order chi connectivity index (χ0) is 4.99.